The largest absolute Gasteiger partial charge is 0.324 e. The van der Waals surface area contributed by atoms with Gasteiger partial charge in [-0.3, -0.25) is 4.98 Å². The van der Waals surface area contributed by atoms with E-state index in [1.807, 2.05) is 19.9 Å². The van der Waals surface area contributed by atoms with Crippen LogP contribution in [0.3, 0.4) is 0 Å². The van der Waals surface area contributed by atoms with Crippen LogP contribution in [0.25, 0.3) is 0 Å². The second kappa shape index (κ2) is 4.76. The van der Waals surface area contributed by atoms with Crippen LogP contribution < -0.4 is 5.73 Å². The first-order valence-corrected chi connectivity index (χ1v) is 6.27. The van der Waals surface area contributed by atoms with Gasteiger partial charge in [0.15, 0.2) is 0 Å². The normalized spacial score (nSPS) is 12.7. The Morgan fingerprint density at radius 3 is 2.75 bits per heavy atom. The average Bonchev–Trinajstić information content (AvgIpc) is 2.70. The predicted octanol–water partition coefficient (Wildman–Crippen LogP) is 3.00. The topological polar surface area (TPSA) is 38.9 Å². The third-order valence-electron chi connectivity index (χ3n) is 2.67. The minimum Gasteiger partial charge on any atom is -0.324 e. The SMILES string of the molecule is Cc1ccc(C(N)Cc2cccs2)c(C)n1. The minimum atomic E-state index is 0.0479. The monoisotopic (exact) mass is 232 g/mol. The lowest BCUT2D eigenvalue weighted by molar-refractivity contribution is 0.717. The number of rotatable bonds is 3. The van der Waals surface area contributed by atoms with Gasteiger partial charge in [0.05, 0.1) is 0 Å². The summed E-state index contributed by atoms with van der Waals surface area (Å²) in [7, 11) is 0. The molecular formula is C13H16N2S. The van der Waals surface area contributed by atoms with Gasteiger partial charge in [-0.25, -0.2) is 0 Å². The molecule has 2 rings (SSSR count). The van der Waals surface area contributed by atoms with Crippen LogP contribution in [0.2, 0.25) is 0 Å². The summed E-state index contributed by atoms with van der Waals surface area (Å²) in [6, 6.07) is 8.35. The standard InChI is InChI=1S/C13H16N2S/c1-9-5-6-12(10(2)15-9)13(14)8-11-4-3-7-16-11/h3-7,13H,8,14H2,1-2H3. The van der Waals surface area contributed by atoms with E-state index in [1.165, 1.54) is 4.88 Å². The second-order valence-electron chi connectivity index (χ2n) is 4.02. The van der Waals surface area contributed by atoms with Gasteiger partial charge in [-0.2, -0.15) is 0 Å². The van der Waals surface area contributed by atoms with Crippen LogP contribution in [0.1, 0.15) is 27.9 Å². The molecule has 0 spiro atoms. The van der Waals surface area contributed by atoms with E-state index < -0.39 is 0 Å². The Bertz CT molecular complexity index is 463. The highest BCUT2D eigenvalue weighted by Gasteiger charge is 2.11. The fourth-order valence-electron chi connectivity index (χ4n) is 1.84. The third kappa shape index (κ3) is 2.49. The van der Waals surface area contributed by atoms with Crippen LogP contribution in [0.15, 0.2) is 29.6 Å². The number of aryl methyl sites for hydroxylation is 2. The Morgan fingerprint density at radius 2 is 2.12 bits per heavy atom. The van der Waals surface area contributed by atoms with E-state index in [0.29, 0.717) is 0 Å². The molecule has 0 aliphatic carbocycles. The molecule has 0 radical (unpaired) electrons. The van der Waals surface area contributed by atoms with Gasteiger partial charge in [0.1, 0.15) is 0 Å². The Kier molecular flexibility index (Phi) is 3.36. The third-order valence-corrected chi connectivity index (χ3v) is 3.57. The second-order valence-corrected chi connectivity index (χ2v) is 5.05. The van der Waals surface area contributed by atoms with Gasteiger partial charge < -0.3 is 5.73 Å². The molecule has 2 aromatic rings. The zero-order valence-electron chi connectivity index (χ0n) is 9.60. The zero-order chi connectivity index (χ0) is 11.5. The molecule has 2 aromatic heterocycles. The first-order chi connectivity index (χ1) is 7.66. The van der Waals surface area contributed by atoms with E-state index in [-0.39, 0.29) is 6.04 Å². The van der Waals surface area contributed by atoms with E-state index in [4.69, 9.17) is 5.73 Å². The molecule has 0 saturated carbocycles. The Hall–Kier alpha value is -1.19. The van der Waals surface area contributed by atoms with Crippen molar-refractivity contribution in [2.45, 2.75) is 26.3 Å². The molecule has 0 bridgehead atoms. The lowest BCUT2D eigenvalue weighted by Crippen LogP contribution is -2.14. The molecule has 1 unspecified atom stereocenters. The molecule has 0 aliphatic rings. The average molecular weight is 232 g/mol. The highest BCUT2D eigenvalue weighted by molar-refractivity contribution is 7.09. The highest BCUT2D eigenvalue weighted by atomic mass is 32.1. The molecular weight excluding hydrogens is 216 g/mol. The summed E-state index contributed by atoms with van der Waals surface area (Å²) >= 11 is 1.75. The number of thiophene rings is 1. The summed E-state index contributed by atoms with van der Waals surface area (Å²) in [5.74, 6) is 0. The van der Waals surface area contributed by atoms with E-state index in [1.54, 1.807) is 11.3 Å². The van der Waals surface area contributed by atoms with Crippen molar-refractivity contribution in [3.8, 4) is 0 Å². The molecule has 0 fully saturated rings. The number of hydrogen-bond donors (Lipinski definition) is 1. The molecule has 16 heavy (non-hydrogen) atoms. The van der Waals surface area contributed by atoms with E-state index in [2.05, 4.69) is 28.6 Å². The van der Waals surface area contributed by atoms with Gasteiger partial charge in [-0.15, -0.1) is 11.3 Å². The van der Waals surface area contributed by atoms with Gasteiger partial charge in [0.25, 0.3) is 0 Å². The van der Waals surface area contributed by atoms with Gasteiger partial charge in [-0.1, -0.05) is 12.1 Å². The fraction of sp³-hybridized carbons (Fsp3) is 0.308. The van der Waals surface area contributed by atoms with Crippen LogP contribution in [-0.2, 0) is 6.42 Å². The number of hydrogen-bond acceptors (Lipinski definition) is 3. The molecule has 2 N–H and O–H groups in total. The van der Waals surface area contributed by atoms with Crippen molar-refractivity contribution in [2.24, 2.45) is 5.73 Å². The number of aromatic nitrogens is 1. The Balaban J connectivity index is 2.17. The molecule has 0 amide bonds. The number of nitrogens with two attached hydrogens (primary N) is 1. The van der Waals surface area contributed by atoms with Crippen molar-refractivity contribution in [1.29, 1.82) is 0 Å². The van der Waals surface area contributed by atoms with Crippen LogP contribution in [0, 0.1) is 13.8 Å². The molecule has 0 saturated heterocycles. The fourth-order valence-corrected chi connectivity index (χ4v) is 2.61. The molecule has 0 aliphatic heterocycles. The van der Waals surface area contributed by atoms with Gasteiger partial charge in [0.2, 0.25) is 0 Å². The molecule has 2 heterocycles. The summed E-state index contributed by atoms with van der Waals surface area (Å²) in [5, 5.41) is 2.09. The maximum atomic E-state index is 6.20. The van der Waals surface area contributed by atoms with Crippen molar-refractivity contribution >= 4 is 11.3 Å². The van der Waals surface area contributed by atoms with E-state index in [0.717, 1.165) is 23.4 Å². The Morgan fingerprint density at radius 1 is 1.31 bits per heavy atom. The van der Waals surface area contributed by atoms with Crippen molar-refractivity contribution in [1.82, 2.24) is 4.98 Å². The zero-order valence-corrected chi connectivity index (χ0v) is 10.4. The van der Waals surface area contributed by atoms with E-state index in [9.17, 15) is 0 Å². The Labute approximate surface area is 100 Å². The maximum Gasteiger partial charge on any atom is 0.0423 e. The molecule has 84 valence electrons. The van der Waals surface area contributed by atoms with Gasteiger partial charge >= 0.3 is 0 Å². The minimum absolute atomic E-state index is 0.0479. The van der Waals surface area contributed by atoms with Gasteiger partial charge in [-0.05, 0) is 36.9 Å². The molecule has 2 nitrogen and oxygen atoms in total. The van der Waals surface area contributed by atoms with Gasteiger partial charge in [0, 0.05) is 28.7 Å². The molecule has 1 atom stereocenters. The van der Waals surface area contributed by atoms with Crippen molar-refractivity contribution in [3.63, 3.8) is 0 Å². The molecule has 3 heteroatoms. The lowest BCUT2D eigenvalue weighted by Gasteiger charge is -2.13. The summed E-state index contributed by atoms with van der Waals surface area (Å²) in [6.07, 6.45) is 0.892. The maximum absolute atomic E-state index is 6.20. The highest BCUT2D eigenvalue weighted by Crippen LogP contribution is 2.21. The molecule has 0 aromatic carbocycles. The van der Waals surface area contributed by atoms with Crippen molar-refractivity contribution in [2.75, 3.05) is 0 Å². The summed E-state index contributed by atoms with van der Waals surface area (Å²) in [4.78, 5) is 5.77. The first-order valence-electron chi connectivity index (χ1n) is 5.39. The number of nitrogens with zero attached hydrogens (tertiary/aromatic N) is 1. The van der Waals surface area contributed by atoms with Crippen LogP contribution in [-0.4, -0.2) is 4.98 Å². The summed E-state index contributed by atoms with van der Waals surface area (Å²) < 4.78 is 0. The summed E-state index contributed by atoms with van der Waals surface area (Å²) in [5.41, 5.74) is 9.45. The first kappa shape index (κ1) is 11.3. The predicted molar refractivity (Wildman–Crippen MR) is 68.7 cm³/mol. The van der Waals surface area contributed by atoms with Crippen LogP contribution in [0.4, 0.5) is 0 Å². The van der Waals surface area contributed by atoms with Crippen LogP contribution in [0.5, 0.6) is 0 Å². The van der Waals surface area contributed by atoms with Crippen LogP contribution >= 0.6 is 11.3 Å². The van der Waals surface area contributed by atoms with Crippen molar-refractivity contribution in [3.05, 3.63) is 51.5 Å². The number of pyridine rings is 1. The smallest absolute Gasteiger partial charge is 0.0423 e. The lowest BCUT2D eigenvalue weighted by atomic mass is 10.0. The summed E-state index contributed by atoms with van der Waals surface area (Å²) in [6.45, 7) is 4.03. The quantitative estimate of drug-likeness (QED) is 0.883. The van der Waals surface area contributed by atoms with E-state index >= 15 is 0 Å². The van der Waals surface area contributed by atoms with Crippen molar-refractivity contribution < 1.29 is 0 Å².